The zero-order valence-electron chi connectivity index (χ0n) is 16.3. The summed E-state index contributed by atoms with van der Waals surface area (Å²) < 4.78 is 40.6. The summed E-state index contributed by atoms with van der Waals surface area (Å²) in [5.41, 5.74) is 1.20. The highest BCUT2D eigenvalue weighted by molar-refractivity contribution is 7.99. The number of thioether (sulfide) groups is 1. The number of benzene rings is 2. The molecule has 0 spiro atoms. The number of alkyl halides is 3. The molecular weight excluding hydrogens is 451 g/mol. The molecule has 0 unspecified atom stereocenters. The van der Waals surface area contributed by atoms with Crippen LogP contribution in [-0.2, 0) is 17.5 Å². The maximum absolute atomic E-state index is 12.9. The second-order valence-electron chi connectivity index (χ2n) is 6.95. The first-order valence-corrected chi connectivity index (χ1v) is 10.7. The van der Waals surface area contributed by atoms with Crippen LogP contribution in [0.5, 0.6) is 0 Å². The van der Waals surface area contributed by atoms with Crippen molar-refractivity contribution in [2.24, 2.45) is 0 Å². The number of aromatic nitrogens is 3. The van der Waals surface area contributed by atoms with Crippen molar-refractivity contribution in [3.8, 4) is 0 Å². The maximum atomic E-state index is 12.9. The Labute approximate surface area is 185 Å². The molecule has 1 aliphatic rings. The summed E-state index contributed by atoms with van der Waals surface area (Å²) in [6.07, 6.45) is -4.52. The summed E-state index contributed by atoms with van der Waals surface area (Å²) in [6, 6.07) is 10.9. The van der Waals surface area contributed by atoms with Gasteiger partial charge in [-0.3, -0.25) is 9.36 Å². The molecule has 0 atom stereocenters. The number of amides is 1. The smallest absolute Gasteiger partial charge is 0.324 e. The molecule has 11 heteroatoms. The second kappa shape index (κ2) is 8.43. The third-order valence-electron chi connectivity index (χ3n) is 4.73. The van der Waals surface area contributed by atoms with Crippen LogP contribution in [0.1, 0.15) is 11.1 Å². The van der Waals surface area contributed by atoms with Gasteiger partial charge in [0.25, 0.3) is 0 Å². The molecule has 162 valence electrons. The summed E-state index contributed by atoms with van der Waals surface area (Å²) >= 11 is 7.09. The minimum Gasteiger partial charge on any atom is -0.324 e. The predicted molar refractivity (Wildman–Crippen MR) is 114 cm³/mol. The number of hydrogen-bond donors (Lipinski definition) is 1. The van der Waals surface area contributed by atoms with Gasteiger partial charge in [0.05, 0.1) is 22.0 Å². The number of rotatable bonds is 5. The largest absolute Gasteiger partial charge is 0.416 e. The number of anilines is 3. The van der Waals surface area contributed by atoms with E-state index in [2.05, 4.69) is 15.5 Å². The van der Waals surface area contributed by atoms with Crippen LogP contribution < -0.4 is 10.2 Å². The Hall–Kier alpha value is -2.72. The van der Waals surface area contributed by atoms with Crippen molar-refractivity contribution in [3.63, 3.8) is 0 Å². The fraction of sp³-hybridized carbons (Fsp3) is 0.250. The minimum atomic E-state index is -4.52. The molecule has 31 heavy (non-hydrogen) atoms. The summed E-state index contributed by atoms with van der Waals surface area (Å²) in [6.45, 7) is 3.41. The maximum Gasteiger partial charge on any atom is 0.416 e. The number of halogens is 4. The Morgan fingerprint density at radius 1 is 1.16 bits per heavy atom. The number of fused-ring (bicyclic) bond motifs is 1. The molecule has 2 aromatic carbocycles. The van der Waals surface area contributed by atoms with Crippen molar-refractivity contribution in [3.05, 3.63) is 58.6 Å². The van der Waals surface area contributed by atoms with Crippen LogP contribution >= 0.6 is 23.4 Å². The van der Waals surface area contributed by atoms with Gasteiger partial charge in [0, 0.05) is 18.8 Å². The lowest BCUT2D eigenvalue weighted by atomic mass is 10.2. The van der Waals surface area contributed by atoms with Crippen LogP contribution in [0.2, 0.25) is 5.02 Å². The molecule has 6 nitrogen and oxygen atoms in total. The molecule has 0 bridgehead atoms. The normalized spacial score (nSPS) is 13.4. The zero-order valence-corrected chi connectivity index (χ0v) is 17.9. The molecule has 1 amide bonds. The van der Waals surface area contributed by atoms with Crippen molar-refractivity contribution in [1.29, 1.82) is 0 Å². The lowest BCUT2D eigenvalue weighted by molar-refractivity contribution is -0.137. The van der Waals surface area contributed by atoms with E-state index in [1.54, 1.807) is 0 Å². The van der Waals surface area contributed by atoms with Gasteiger partial charge in [-0.1, -0.05) is 41.1 Å². The molecule has 1 aromatic heterocycles. The van der Waals surface area contributed by atoms with E-state index < -0.39 is 17.6 Å². The van der Waals surface area contributed by atoms with E-state index in [1.165, 1.54) is 0 Å². The molecule has 2 heterocycles. The van der Waals surface area contributed by atoms with Gasteiger partial charge >= 0.3 is 6.18 Å². The van der Waals surface area contributed by atoms with Gasteiger partial charge in [-0.15, -0.1) is 10.2 Å². The summed E-state index contributed by atoms with van der Waals surface area (Å²) in [7, 11) is 0. The summed E-state index contributed by atoms with van der Waals surface area (Å²) in [5.74, 6) is 0.152. The van der Waals surface area contributed by atoms with Crippen LogP contribution in [0.3, 0.4) is 0 Å². The predicted octanol–water partition coefficient (Wildman–Crippen LogP) is 5.14. The molecule has 4 rings (SSSR count). The van der Waals surface area contributed by atoms with E-state index in [1.807, 2.05) is 40.7 Å². The van der Waals surface area contributed by atoms with Gasteiger partial charge in [0.2, 0.25) is 11.9 Å². The molecule has 0 radical (unpaired) electrons. The van der Waals surface area contributed by atoms with Gasteiger partial charge < -0.3 is 10.2 Å². The highest BCUT2D eigenvalue weighted by atomic mass is 35.5. The quantitative estimate of drug-likeness (QED) is 0.526. The molecule has 0 saturated heterocycles. The van der Waals surface area contributed by atoms with E-state index >= 15 is 0 Å². The van der Waals surface area contributed by atoms with Crippen LogP contribution in [0.4, 0.5) is 30.5 Å². The Morgan fingerprint density at radius 3 is 2.61 bits per heavy atom. The third-order valence-corrected chi connectivity index (χ3v) is 6.03. The lowest BCUT2D eigenvalue weighted by Gasteiger charge is -2.15. The second-order valence-corrected chi connectivity index (χ2v) is 8.30. The Morgan fingerprint density at radius 2 is 1.90 bits per heavy atom. The average molecular weight is 468 g/mol. The van der Waals surface area contributed by atoms with Gasteiger partial charge in [0.1, 0.15) is 0 Å². The molecule has 1 N–H and O–H groups in total. The van der Waals surface area contributed by atoms with Crippen LogP contribution in [0, 0.1) is 6.92 Å². The topological polar surface area (TPSA) is 63.1 Å². The molecule has 0 aliphatic carbocycles. The summed E-state index contributed by atoms with van der Waals surface area (Å²) in [5, 5.41) is 11.4. The standard InChI is InChI=1S/C20H17ClF3N5OS/c1-12-2-5-14(6-3-12)28-8-9-29-18(28)26-27-19(29)31-11-17(30)25-16-10-13(20(22,23)24)4-7-15(16)21/h2-7,10H,8-9,11H2,1H3,(H,25,30). The van der Waals surface area contributed by atoms with E-state index in [9.17, 15) is 18.0 Å². The average Bonchev–Trinajstić information content (AvgIpc) is 3.30. The van der Waals surface area contributed by atoms with Gasteiger partial charge in [-0.2, -0.15) is 13.2 Å². The Bertz CT molecular complexity index is 1120. The van der Waals surface area contributed by atoms with Crippen molar-refractivity contribution in [2.75, 3.05) is 22.5 Å². The Kier molecular flexibility index (Phi) is 5.85. The molecule has 0 fully saturated rings. The number of aryl methyl sites for hydroxylation is 1. The van der Waals surface area contributed by atoms with E-state index in [-0.39, 0.29) is 16.5 Å². The van der Waals surface area contributed by atoms with Crippen LogP contribution in [0.15, 0.2) is 47.6 Å². The fourth-order valence-corrected chi connectivity index (χ4v) is 4.09. The van der Waals surface area contributed by atoms with Crippen LogP contribution in [-0.4, -0.2) is 33.0 Å². The minimum absolute atomic E-state index is 0.0310. The number of nitrogens with one attached hydrogen (secondary N) is 1. The SMILES string of the molecule is Cc1ccc(N2CCn3c(SCC(=O)Nc4cc(C(F)(F)F)ccc4Cl)nnc32)cc1. The van der Waals surface area contributed by atoms with Gasteiger partial charge in [-0.05, 0) is 37.3 Å². The first kappa shape index (κ1) is 21.5. The van der Waals surface area contributed by atoms with Crippen molar-refractivity contribution >= 4 is 46.6 Å². The highest BCUT2D eigenvalue weighted by Gasteiger charge is 2.31. The number of carbonyl (C=O) groups excluding carboxylic acids is 1. The number of hydrogen-bond acceptors (Lipinski definition) is 5. The molecular formula is C20H17ClF3N5OS. The van der Waals surface area contributed by atoms with Gasteiger partial charge in [-0.25, -0.2) is 0 Å². The van der Waals surface area contributed by atoms with E-state index in [0.29, 0.717) is 17.6 Å². The first-order chi connectivity index (χ1) is 14.7. The first-order valence-electron chi connectivity index (χ1n) is 9.29. The van der Waals surface area contributed by atoms with E-state index in [4.69, 9.17) is 11.6 Å². The van der Waals surface area contributed by atoms with Crippen molar-refractivity contribution in [1.82, 2.24) is 14.8 Å². The number of carbonyl (C=O) groups is 1. The van der Waals surface area contributed by atoms with Crippen molar-refractivity contribution < 1.29 is 18.0 Å². The van der Waals surface area contributed by atoms with E-state index in [0.717, 1.165) is 47.8 Å². The number of nitrogens with zero attached hydrogens (tertiary/aromatic N) is 4. The molecule has 0 saturated carbocycles. The van der Waals surface area contributed by atoms with Crippen molar-refractivity contribution in [2.45, 2.75) is 24.8 Å². The molecule has 3 aromatic rings. The monoisotopic (exact) mass is 467 g/mol. The third kappa shape index (κ3) is 4.64. The Balaban J connectivity index is 1.42. The van der Waals surface area contributed by atoms with Gasteiger partial charge in [0.15, 0.2) is 5.16 Å². The summed E-state index contributed by atoms with van der Waals surface area (Å²) in [4.78, 5) is 14.3. The highest BCUT2D eigenvalue weighted by Crippen LogP contribution is 2.35. The fourth-order valence-electron chi connectivity index (χ4n) is 3.17. The van der Waals surface area contributed by atoms with Crippen LogP contribution in [0.25, 0.3) is 0 Å². The zero-order chi connectivity index (χ0) is 22.2. The molecule has 1 aliphatic heterocycles. The lowest BCUT2D eigenvalue weighted by Crippen LogP contribution is -2.16.